The van der Waals surface area contributed by atoms with Crippen LogP contribution in [0.5, 0.6) is 0 Å². The predicted octanol–water partition coefficient (Wildman–Crippen LogP) is 2.66. The number of hydrogen-bond acceptors (Lipinski definition) is 3. The maximum atomic E-state index is 5.93. The van der Waals surface area contributed by atoms with Gasteiger partial charge in [-0.15, -0.1) is 21.8 Å². The fraction of sp³-hybridized carbons (Fsp3) is 0.833. The molecule has 0 aliphatic carbocycles. The lowest BCUT2D eigenvalue weighted by Crippen LogP contribution is -2.27. The Morgan fingerprint density at radius 1 is 1.41 bits per heavy atom. The number of alkyl halides is 1. The highest BCUT2D eigenvalue weighted by Crippen LogP contribution is 2.31. The normalized spacial score (nSPS) is 25.5. The number of aromatic nitrogens is 3. The molecule has 0 saturated carbocycles. The highest BCUT2D eigenvalue weighted by Gasteiger charge is 2.32. The van der Waals surface area contributed by atoms with E-state index in [1.807, 2.05) is 0 Å². The van der Waals surface area contributed by atoms with Crippen LogP contribution in [0.25, 0.3) is 0 Å². The van der Waals surface area contributed by atoms with E-state index in [1.165, 1.54) is 0 Å². The summed E-state index contributed by atoms with van der Waals surface area (Å²) in [5.41, 5.74) is -0.0467. The van der Waals surface area contributed by atoms with E-state index in [0.717, 1.165) is 24.7 Å². The van der Waals surface area contributed by atoms with Crippen molar-refractivity contribution in [1.82, 2.24) is 14.8 Å². The first kappa shape index (κ1) is 12.8. The molecule has 1 aliphatic rings. The van der Waals surface area contributed by atoms with Crippen molar-refractivity contribution in [3.05, 3.63) is 11.6 Å². The SMILES string of the molecule is CC1CC(c2nnc(CCl)n2C(C)(C)C)CO1. The van der Waals surface area contributed by atoms with Crippen LogP contribution in [0.2, 0.25) is 0 Å². The number of halogens is 1. The van der Waals surface area contributed by atoms with Crippen LogP contribution in [-0.2, 0) is 16.2 Å². The van der Waals surface area contributed by atoms with Crippen LogP contribution in [0.15, 0.2) is 0 Å². The molecule has 2 heterocycles. The molecule has 1 aromatic heterocycles. The highest BCUT2D eigenvalue weighted by atomic mass is 35.5. The van der Waals surface area contributed by atoms with Gasteiger partial charge in [-0.3, -0.25) is 0 Å². The second kappa shape index (κ2) is 4.58. The zero-order chi connectivity index (χ0) is 12.6. The summed E-state index contributed by atoms with van der Waals surface area (Å²) in [4.78, 5) is 0. The van der Waals surface area contributed by atoms with Crippen molar-refractivity contribution in [2.24, 2.45) is 0 Å². The van der Waals surface area contributed by atoms with Crippen molar-refractivity contribution >= 4 is 11.6 Å². The Bertz CT molecular complexity index is 397. The number of ether oxygens (including phenoxy) is 1. The van der Waals surface area contributed by atoms with Crippen LogP contribution in [0, 0.1) is 0 Å². The Hall–Kier alpha value is -0.610. The van der Waals surface area contributed by atoms with Crippen molar-refractivity contribution in [1.29, 1.82) is 0 Å². The second-order valence-electron chi connectivity index (χ2n) is 5.69. The molecule has 0 spiro atoms. The standard InChI is InChI=1S/C12H20ClN3O/c1-8-5-9(7-17-8)11-15-14-10(6-13)16(11)12(2,3)4/h8-9H,5-7H2,1-4H3. The van der Waals surface area contributed by atoms with Crippen LogP contribution >= 0.6 is 11.6 Å². The van der Waals surface area contributed by atoms with E-state index < -0.39 is 0 Å². The number of hydrogen-bond donors (Lipinski definition) is 0. The van der Waals surface area contributed by atoms with E-state index >= 15 is 0 Å². The second-order valence-corrected chi connectivity index (χ2v) is 5.96. The van der Waals surface area contributed by atoms with E-state index in [9.17, 15) is 0 Å². The fourth-order valence-electron chi connectivity index (χ4n) is 2.41. The van der Waals surface area contributed by atoms with Gasteiger partial charge in [0.25, 0.3) is 0 Å². The lowest BCUT2D eigenvalue weighted by Gasteiger charge is -2.26. The van der Waals surface area contributed by atoms with Crippen molar-refractivity contribution in [2.45, 2.75) is 57.6 Å². The number of nitrogens with zero attached hydrogens (tertiary/aromatic N) is 3. The highest BCUT2D eigenvalue weighted by molar-refractivity contribution is 6.16. The minimum absolute atomic E-state index is 0.0467. The molecule has 1 saturated heterocycles. The van der Waals surface area contributed by atoms with Crippen molar-refractivity contribution < 1.29 is 4.74 Å². The van der Waals surface area contributed by atoms with Crippen LogP contribution < -0.4 is 0 Å². The Morgan fingerprint density at radius 3 is 2.59 bits per heavy atom. The molecule has 0 amide bonds. The van der Waals surface area contributed by atoms with Gasteiger partial charge in [0, 0.05) is 11.5 Å². The molecule has 2 unspecified atom stereocenters. The van der Waals surface area contributed by atoms with E-state index in [0.29, 0.717) is 17.9 Å². The van der Waals surface area contributed by atoms with Gasteiger partial charge in [0.2, 0.25) is 0 Å². The molecule has 5 heteroatoms. The molecule has 2 rings (SSSR count). The van der Waals surface area contributed by atoms with Gasteiger partial charge in [-0.2, -0.15) is 0 Å². The monoisotopic (exact) mass is 257 g/mol. The van der Waals surface area contributed by atoms with Crippen LogP contribution in [-0.4, -0.2) is 27.5 Å². The Kier molecular flexibility index (Phi) is 3.46. The van der Waals surface area contributed by atoms with E-state index in [-0.39, 0.29) is 5.54 Å². The summed E-state index contributed by atoms with van der Waals surface area (Å²) >= 11 is 5.93. The Morgan fingerprint density at radius 2 is 2.12 bits per heavy atom. The van der Waals surface area contributed by atoms with Gasteiger partial charge in [0.05, 0.1) is 18.6 Å². The third kappa shape index (κ3) is 2.47. The zero-order valence-electron chi connectivity index (χ0n) is 10.9. The van der Waals surface area contributed by atoms with Crippen molar-refractivity contribution in [2.75, 3.05) is 6.61 Å². The largest absolute Gasteiger partial charge is 0.378 e. The molecule has 4 nitrogen and oxygen atoms in total. The summed E-state index contributed by atoms with van der Waals surface area (Å²) in [6.07, 6.45) is 1.32. The average molecular weight is 258 g/mol. The van der Waals surface area contributed by atoms with Gasteiger partial charge in [-0.05, 0) is 34.1 Å². The summed E-state index contributed by atoms with van der Waals surface area (Å²) < 4.78 is 7.78. The third-order valence-corrected chi connectivity index (χ3v) is 3.35. The van der Waals surface area contributed by atoms with Crippen LogP contribution in [0.1, 0.15) is 51.7 Å². The number of rotatable bonds is 2. The minimum atomic E-state index is -0.0467. The lowest BCUT2D eigenvalue weighted by atomic mass is 10.0. The molecule has 1 aromatic rings. The van der Waals surface area contributed by atoms with Gasteiger partial charge >= 0.3 is 0 Å². The minimum Gasteiger partial charge on any atom is -0.378 e. The lowest BCUT2D eigenvalue weighted by molar-refractivity contribution is 0.123. The van der Waals surface area contributed by atoms with E-state index in [1.54, 1.807) is 0 Å². The average Bonchev–Trinajstić information content (AvgIpc) is 2.81. The summed E-state index contributed by atoms with van der Waals surface area (Å²) in [6, 6.07) is 0. The van der Waals surface area contributed by atoms with Crippen LogP contribution in [0.3, 0.4) is 0 Å². The van der Waals surface area contributed by atoms with Gasteiger partial charge in [0.15, 0.2) is 0 Å². The molecule has 2 atom stereocenters. The molecule has 0 aromatic carbocycles. The van der Waals surface area contributed by atoms with Crippen LogP contribution in [0.4, 0.5) is 0 Å². The summed E-state index contributed by atoms with van der Waals surface area (Å²) in [5, 5.41) is 8.51. The van der Waals surface area contributed by atoms with E-state index in [4.69, 9.17) is 16.3 Å². The van der Waals surface area contributed by atoms with E-state index in [2.05, 4.69) is 42.5 Å². The fourth-order valence-corrected chi connectivity index (χ4v) is 2.58. The Balaban J connectivity index is 2.37. The quantitative estimate of drug-likeness (QED) is 0.765. The molecule has 96 valence electrons. The van der Waals surface area contributed by atoms with Gasteiger partial charge in [-0.25, -0.2) is 0 Å². The smallest absolute Gasteiger partial charge is 0.148 e. The molecule has 0 N–H and O–H groups in total. The first-order valence-electron chi connectivity index (χ1n) is 6.05. The maximum Gasteiger partial charge on any atom is 0.148 e. The summed E-state index contributed by atoms with van der Waals surface area (Å²) in [5.74, 6) is 2.59. The van der Waals surface area contributed by atoms with Gasteiger partial charge in [0.1, 0.15) is 11.6 Å². The first-order valence-corrected chi connectivity index (χ1v) is 6.59. The molecule has 1 aliphatic heterocycles. The Labute approximate surface area is 107 Å². The molecule has 0 radical (unpaired) electrons. The summed E-state index contributed by atoms with van der Waals surface area (Å²) in [6.45, 7) is 9.28. The zero-order valence-corrected chi connectivity index (χ0v) is 11.7. The first-order chi connectivity index (χ1) is 7.93. The van der Waals surface area contributed by atoms with Gasteiger partial charge < -0.3 is 9.30 Å². The molecular weight excluding hydrogens is 238 g/mol. The molecular formula is C12H20ClN3O. The van der Waals surface area contributed by atoms with Crippen molar-refractivity contribution in [3.63, 3.8) is 0 Å². The summed E-state index contributed by atoms with van der Waals surface area (Å²) in [7, 11) is 0. The molecule has 1 fully saturated rings. The molecule has 17 heavy (non-hydrogen) atoms. The molecule has 0 bridgehead atoms. The maximum absolute atomic E-state index is 5.93. The third-order valence-electron chi connectivity index (χ3n) is 3.11. The predicted molar refractivity (Wildman–Crippen MR) is 67.3 cm³/mol. The van der Waals surface area contributed by atoms with Crippen molar-refractivity contribution in [3.8, 4) is 0 Å². The van der Waals surface area contributed by atoms with Gasteiger partial charge in [-0.1, -0.05) is 0 Å². The topological polar surface area (TPSA) is 39.9 Å².